The molecular weight excluding hydrogens is 238 g/mol. The molecule has 0 saturated heterocycles. The Bertz CT molecular complexity index is 452. The zero-order valence-electron chi connectivity index (χ0n) is 12.2. The van der Waals surface area contributed by atoms with E-state index in [9.17, 15) is 4.79 Å². The molecule has 4 nitrogen and oxygen atoms in total. The Balaban J connectivity index is 2.09. The molecule has 0 aromatic carbocycles. The Hall–Kier alpha value is -1.29. The Labute approximate surface area is 115 Å². The Morgan fingerprint density at radius 3 is 2.89 bits per heavy atom. The number of aromatic nitrogens is 1. The van der Waals surface area contributed by atoms with Gasteiger partial charge >= 0.3 is 0 Å². The van der Waals surface area contributed by atoms with E-state index in [0.29, 0.717) is 6.54 Å². The highest BCUT2D eigenvalue weighted by atomic mass is 16.2. The summed E-state index contributed by atoms with van der Waals surface area (Å²) in [4.78, 5) is 14.5. The van der Waals surface area contributed by atoms with E-state index in [4.69, 9.17) is 5.73 Å². The maximum absolute atomic E-state index is 12.5. The van der Waals surface area contributed by atoms with Gasteiger partial charge in [-0.25, -0.2) is 0 Å². The van der Waals surface area contributed by atoms with Crippen LogP contribution in [-0.4, -0.2) is 28.5 Å². The van der Waals surface area contributed by atoms with Crippen LogP contribution >= 0.6 is 0 Å². The van der Waals surface area contributed by atoms with Crippen LogP contribution in [0.4, 0.5) is 0 Å². The van der Waals surface area contributed by atoms with Crippen LogP contribution in [-0.2, 0) is 11.3 Å². The highest BCUT2D eigenvalue weighted by Crippen LogP contribution is 2.28. The van der Waals surface area contributed by atoms with Crippen molar-refractivity contribution in [3.05, 3.63) is 23.5 Å². The normalized spacial score (nSPS) is 20.2. The van der Waals surface area contributed by atoms with Crippen molar-refractivity contribution in [3.63, 3.8) is 0 Å². The molecule has 19 heavy (non-hydrogen) atoms. The van der Waals surface area contributed by atoms with Gasteiger partial charge in [0.2, 0.25) is 5.91 Å². The van der Waals surface area contributed by atoms with Crippen LogP contribution in [0.2, 0.25) is 0 Å². The van der Waals surface area contributed by atoms with Gasteiger partial charge in [0.15, 0.2) is 0 Å². The van der Waals surface area contributed by atoms with Gasteiger partial charge in [0.25, 0.3) is 0 Å². The number of carbonyl (C=O) groups is 1. The van der Waals surface area contributed by atoms with Crippen molar-refractivity contribution in [2.24, 2.45) is 11.7 Å². The summed E-state index contributed by atoms with van der Waals surface area (Å²) in [5, 5.41) is 0. The third-order valence-corrected chi connectivity index (χ3v) is 4.24. The summed E-state index contributed by atoms with van der Waals surface area (Å²) in [6.45, 7) is 8.65. The van der Waals surface area contributed by atoms with Gasteiger partial charge in [0, 0.05) is 30.4 Å². The largest absolute Gasteiger partial charge is 0.345 e. The number of fused-ring (bicyclic) bond motifs is 1. The third kappa shape index (κ3) is 2.68. The first kappa shape index (κ1) is 14.1. The number of aryl methyl sites for hydroxylation is 1. The van der Waals surface area contributed by atoms with E-state index >= 15 is 0 Å². The molecule has 1 aromatic heterocycles. The summed E-state index contributed by atoms with van der Waals surface area (Å²) in [6, 6.07) is 4.46. The van der Waals surface area contributed by atoms with Crippen molar-refractivity contribution in [2.75, 3.05) is 13.1 Å². The molecule has 2 unspecified atom stereocenters. The van der Waals surface area contributed by atoms with Crippen molar-refractivity contribution in [2.45, 2.75) is 46.2 Å². The van der Waals surface area contributed by atoms with Gasteiger partial charge in [0.05, 0.1) is 6.04 Å². The fourth-order valence-electron chi connectivity index (χ4n) is 2.95. The molecule has 1 aliphatic rings. The van der Waals surface area contributed by atoms with Crippen molar-refractivity contribution < 1.29 is 4.79 Å². The van der Waals surface area contributed by atoms with E-state index in [0.717, 1.165) is 25.9 Å². The zero-order chi connectivity index (χ0) is 14.0. The number of nitrogens with two attached hydrogens (primary N) is 1. The molecule has 0 aliphatic carbocycles. The second-order valence-corrected chi connectivity index (χ2v) is 5.59. The molecule has 0 spiro atoms. The van der Waals surface area contributed by atoms with Gasteiger partial charge in [-0.2, -0.15) is 0 Å². The number of nitrogens with zero attached hydrogens (tertiary/aromatic N) is 2. The van der Waals surface area contributed by atoms with Crippen LogP contribution in [0.25, 0.3) is 0 Å². The number of amides is 1. The number of hydrogen-bond donors (Lipinski definition) is 1. The molecule has 1 aromatic rings. The lowest BCUT2D eigenvalue weighted by atomic mass is 10.0. The summed E-state index contributed by atoms with van der Waals surface area (Å²) in [5.74, 6) is 0.347. The van der Waals surface area contributed by atoms with Gasteiger partial charge in [-0.3, -0.25) is 4.79 Å². The summed E-state index contributed by atoms with van der Waals surface area (Å²) in [7, 11) is 0. The average Bonchev–Trinajstić information content (AvgIpc) is 2.78. The molecule has 2 rings (SSSR count). The van der Waals surface area contributed by atoms with E-state index in [1.165, 1.54) is 11.4 Å². The average molecular weight is 263 g/mol. The van der Waals surface area contributed by atoms with Crippen LogP contribution in [0, 0.1) is 12.8 Å². The molecule has 2 N–H and O–H groups in total. The second-order valence-electron chi connectivity index (χ2n) is 5.59. The molecule has 1 amide bonds. The first-order valence-electron chi connectivity index (χ1n) is 7.22. The summed E-state index contributed by atoms with van der Waals surface area (Å²) < 4.78 is 2.32. The molecule has 2 heterocycles. The third-order valence-electron chi connectivity index (χ3n) is 4.24. The van der Waals surface area contributed by atoms with Crippen LogP contribution in [0.15, 0.2) is 12.1 Å². The predicted octanol–water partition coefficient (Wildman–Crippen LogP) is 2.07. The standard InChI is InChI=1S/C15H25N3O/c1-11(5-4-8-16)15(19)18-10-9-17-12(2)6-7-14(17)13(18)3/h6-7,11,13H,4-5,8-10,16H2,1-3H3. The van der Waals surface area contributed by atoms with E-state index in [1.54, 1.807) is 0 Å². The fraction of sp³-hybridized carbons (Fsp3) is 0.667. The first-order chi connectivity index (χ1) is 9.06. The van der Waals surface area contributed by atoms with E-state index < -0.39 is 0 Å². The molecule has 0 saturated carbocycles. The summed E-state index contributed by atoms with van der Waals surface area (Å²) in [5.41, 5.74) is 8.06. The van der Waals surface area contributed by atoms with E-state index in [-0.39, 0.29) is 17.9 Å². The lowest BCUT2D eigenvalue weighted by Crippen LogP contribution is -2.43. The van der Waals surface area contributed by atoms with Gasteiger partial charge < -0.3 is 15.2 Å². The molecule has 106 valence electrons. The van der Waals surface area contributed by atoms with Crippen molar-refractivity contribution >= 4 is 5.91 Å². The molecule has 2 atom stereocenters. The van der Waals surface area contributed by atoms with Gasteiger partial charge in [-0.05, 0) is 45.4 Å². The smallest absolute Gasteiger partial charge is 0.226 e. The van der Waals surface area contributed by atoms with E-state index in [2.05, 4.69) is 30.5 Å². The molecular formula is C15H25N3O. The Kier molecular flexibility index (Phi) is 4.30. The highest BCUT2D eigenvalue weighted by Gasteiger charge is 2.30. The maximum Gasteiger partial charge on any atom is 0.226 e. The second kappa shape index (κ2) is 5.78. The molecule has 4 heteroatoms. The monoisotopic (exact) mass is 263 g/mol. The number of rotatable bonds is 4. The molecule has 0 fully saturated rings. The van der Waals surface area contributed by atoms with Crippen LogP contribution < -0.4 is 5.73 Å². The Morgan fingerprint density at radius 2 is 2.21 bits per heavy atom. The lowest BCUT2D eigenvalue weighted by Gasteiger charge is -2.37. The lowest BCUT2D eigenvalue weighted by molar-refractivity contribution is -0.138. The van der Waals surface area contributed by atoms with Gasteiger partial charge in [-0.15, -0.1) is 0 Å². The highest BCUT2D eigenvalue weighted by molar-refractivity contribution is 5.79. The minimum absolute atomic E-state index is 0.0774. The molecule has 1 aliphatic heterocycles. The van der Waals surface area contributed by atoms with E-state index in [1.807, 2.05) is 11.8 Å². The first-order valence-corrected chi connectivity index (χ1v) is 7.22. The topological polar surface area (TPSA) is 51.3 Å². The Morgan fingerprint density at radius 1 is 1.47 bits per heavy atom. The van der Waals surface area contributed by atoms with Crippen molar-refractivity contribution in [1.82, 2.24) is 9.47 Å². The molecule has 0 radical (unpaired) electrons. The minimum atomic E-state index is 0.0774. The fourth-order valence-corrected chi connectivity index (χ4v) is 2.95. The van der Waals surface area contributed by atoms with Crippen LogP contribution in [0.5, 0.6) is 0 Å². The summed E-state index contributed by atoms with van der Waals surface area (Å²) in [6.07, 6.45) is 1.81. The SMILES string of the molecule is Cc1ccc2n1CCN(C(=O)C(C)CCCN)C2C. The van der Waals surface area contributed by atoms with Gasteiger partial charge in [-0.1, -0.05) is 6.92 Å². The van der Waals surface area contributed by atoms with Crippen molar-refractivity contribution in [3.8, 4) is 0 Å². The van der Waals surface area contributed by atoms with Crippen LogP contribution in [0.3, 0.4) is 0 Å². The van der Waals surface area contributed by atoms with Crippen molar-refractivity contribution in [1.29, 1.82) is 0 Å². The number of hydrogen-bond acceptors (Lipinski definition) is 2. The molecule has 0 bridgehead atoms. The number of carbonyl (C=O) groups excluding carboxylic acids is 1. The maximum atomic E-state index is 12.5. The minimum Gasteiger partial charge on any atom is -0.345 e. The van der Waals surface area contributed by atoms with Crippen LogP contribution in [0.1, 0.15) is 44.1 Å². The quantitative estimate of drug-likeness (QED) is 0.904. The zero-order valence-corrected chi connectivity index (χ0v) is 12.2. The predicted molar refractivity (Wildman–Crippen MR) is 76.7 cm³/mol. The van der Waals surface area contributed by atoms with Gasteiger partial charge in [0.1, 0.15) is 0 Å². The summed E-state index contributed by atoms with van der Waals surface area (Å²) >= 11 is 0.